The van der Waals surface area contributed by atoms with Gasteiger partial charge in [-0.1, -0.05) is 0 Å². The van der Waals surface area contributed by atoms with Crippen LogP contribution in [0.5, 0.6) is 11.5 Å². The molecule has 1 N–H and O–H groups in total. The Hall–Kier alpha value is -2.24. The highest BCUT2D eigenvalue weighted by Crippen LogP contribution is 2.25. The maximum atomic E-state index is 12.4. The third kappa shape index (κ3) is 4.88. The highest BCUT2D eigenvalue weighted by atomic mass is 16.5. The zero-order valence-electron chi connectivity index (χ0n) is 14.5. The van der Waals surface area contributed by atoms with Crippen molar-refractivity contribution in [1.82, 2.24) is 10.2 Å². The number of likely N-dealkylation sites (tertiary alicyclic amines) is 1. The maximum absolute atomic E-state index is 12.4. The number of carbonyl (C=O) groups is 2. The van der Waals surface area contributed by atoms with Crippen LogP contribution in [0, 0.1) is 0 Å². The fourth-order valence-corrected chi connectivity index (χ4v) is 2.73. The van der Waals surface area contributed by atoms with Crippen molar-refractivity contribution in [2.24, 2.45) is 0 Å². The van der Waals surface area contributed by atoms with Crippen LogP contribution in [0.4, 0.5) is 0 Å². The molecule has 24 heavy (non-hydrogen) atoms. The maximum Gasteiger partial charge on any atom is 0.255 e. The Kier molecular flexibility index (Phi) is 6.90. The van der Waals surface area contributed by atoms with Gasteiger partial charge in [0, 0.05) is 32.1 Å². The van der Waals surface area contributed by atoms with Crippen molar-refractivity contribution < 1.29 is 19.1 Å². The molecule has 0 bridgehead atoms. The van der Waals surface area contributed by atoms with Crippen LogP contribution in [0.2, 0.25) is 0 Å². The molecular formula is C18H26N2O4. The first-order chi connectivity index (χ1) is 11.7. The van der Waals surface area contributed by atoms with Gasteiger partial charge in [-0.3, -0.25) is 9.59 Å². The molecule has 1 saturated heterocycles. The Bertz CT molecular complexity index is 574. The topological polar surface area (TPSA) is 67.9 Å². The zero-order chi connectivity index (χ0) is 17.4. The van der Waals surface area contributed by atoms with E-state index in [4.69, 9.17) is 9.47 Å². The van der Waals surface area contributed by atoms with E-state index >= 15 is 0 Å². The lowest BCUT2D eigenvalue weighted by Gasteiger charge is -2.16. The fourth-order valence-electron chi connectivity index (χ4n) is 2.73. The number of rotatable bonds is 9. The van der Waals surface area contributed by atoms with E-state index in [1.807, 2.05) is 18.7 Å². The highest BCUT2D eigenvalue weighted by Gasteiger charge is 2.19. The van der Waals surface area contributed by atoms with Gasteiger partial charge < -0.3 is 19.7 Å². The lowest BCUT2D eigenvalue weighted by Crippen LogP contribution is -2.30. The average molecular weight is 334 g/mol. The summed E-state index contributed by atoms with van der Waals surface area (Å²) in [7, 11) is 0. The molecule has 1 heterocycles. The quantitative estimate of drug-likeness (QED) is 0.703. The van der Waals surface area contributed by atoms with E-state index in [9.17, 15) is 9.59 Å². The largest absolute Gasteiger partial charge is 0.494 e. The molecule has 0 aromatic heterocycles. The first kappa shape index (κ1) is 18.1. The van der Waals surface area contributed by atoms with E-state index in [0.29, 0.717) is 49.8 Å². The van der Waals surface area contributed by atoms with Crippen molar-refractivity contribution in [3.05, 3.63) is 23.8 Å². The standard InChI is InChI=1S/C18H26N2O4/c1-3-23-14-8-9-15(16(13-14)24-4-2)18(22)19-10-6-12-20-11-5-7-17(20)21/h8-9,13H,3-7,10-12H2,1-2H3,(H,19,22). The number of amides is 2. The summed E-state index contributed by atoms with van der Waals surface area (Å²) in [4.78, 5) is 25.7. The molecule has 1 aromatic carbocycles. The van der Waals surface area contributed by atoms with Gasteiger partial charge in [0.15, 0.2) is 0 Å². The number of carbonyl (C=O) groups excluding carboxylic acids is 2. The van der Waals surface area contributed by atoms with Gasteiger partial charge in [0.25, 0.3) is 5.91 Å². The van der Waals surface area contributed by atoms with Crippen LogP contribution in [-0.4, -0.2) is 49.6 Å². The molecule has 1 aliphatic heterocycles. The SMILES string of the molecule is CCOc1ccc(C(=O)NCCCN2CCCC2=O)c(OCC)c1. The predicted molar refractivity (Wildman–Crippen MR) is 91.5 cm³/mol. The van der Waals surface area contributed by atoms with Gasteiger partial charge in [-0.25, -0.2) is 0 Å². The first-order valence-electron chi connectivity index (χ1n) is 8.61. The fraction of sp³-hybridized carbons (Fsp3) is 0.556. The first-order valence-corrected chi connectivity index (χ1v) is 8.61. The van der Waals surface area contributed by atoms with E-state index in [0.717, 1.165) is 19.4 Å². The highest BCUT2D eigenvalue weighted by molar-refractivity contribution is 5.97. The summed E-state index contributed by atoms with van der Waals surface area (Å²) in [5.41, 5.74) is 0.498. The van der Waals surface area contributed by atoms with Crippen molar-refractivity contribution in [2.75, 3.05) is 32.8 Å². The summed E-state index contributed by atoms with van der Waals surface area (Å²) in [5.74, 6) is 1.25. The third-order valence-electron chi connectivity index (χ3n) is 3.87. The molecule has 1 aliphatic rings. The normalized spacial score (nSPS) is 13.9. The summed E-state index contributed by atoms with van der Waals surface area (Å²) in [6.45, 7) is 6.88. The van der Waals surface area contributed by atoms with Crippen LogP contribution < -0.4 is 14.8 Å². The Morgan fingerprint density at radius 1 is 1.25 bits per heavy atom. The average Bonchev–Trinajstić information content (AvgIpc) is 2.97. The predicted octanol–water partition coefficient (Wildman–Crippen LogP) is 2.23. The van der Waals surface area contributed by atoms with E-state index in [1.54, 1.807) is 18.2 Å². The Morgan fingerprint density at radius 3 is 2.71 bits per heavy atom. The molecule has 0 saturated carbocycles. The molecule has 0 atom stereocenters. The smallest absolute Gasteiger partial charge is 0.255 e. The van der Waals surface area contributed by atoms with Crippen molar-refractivity contribution in [3.63, 3.8) is 0 Å². The zero-order valence-corrected chi connectivity index (χ0v) is 14.5. The number of hydrogen-bond acceptors (Lipinski definition) is 4. The monoisotopic (exact) mass is 334 g/mol. The Labute approximate surface area is 143 Å². The van der Waals surface area contributed by atoms with Gasteiger partial charge in [-0.05, 0) is 38.8 Å². The van der Waals surface area contributed by atoms with Gasteiger partial charge in [-0.2, -0.15) is 0 Å². The summed E-state index contributed by atoms with van der Waals surface area (Å²) in [6.07, 6.45) is 2.34. The van der Waals surface area contributed by atoms with Gasteiger partial charge >= 0.3 is 0 Å². The molecule has 0 spiro atoms. The molecule has 1 fully saturated rings. The molecule has 0 radical (unpaired) electrons. The van der Waals surface area contributed by atoms with E-state index < -0.39 is 0 Å². The van der Waals surface area contributed by atoms with Gasteiger partial charge in [-0.15, -0.1) is 0 Å². The van der Waals surface area contributed by atoms with Crippen LogP contribution in [0.15, 0.2) is 18.2 Å². The minimum atomic E-state index is -0.172. The second-order valence-corrected chi connectivity index (χ2v) is 5.62. The van der Waals surface area contributed by atoms with Gasteiger partial charge in [0.1, 0.15) is 11.5 Å². The molecule has 6 nitrogen and oxygen atoms in total. The molecule has 0 unspecified atom stereocenters. The summed E-state index contributed by atoms with van der Waals surface area (Å²) < 4.78 is 11.0. The molecule has 1 aromatic rings. The second kappa shape index (κ2) is 9.15. The van der Waals surface area contributed by atoms with Crippen molar-refractivity contribution >= 4 is 11.8 Å². The number of benzene rings is 1. The molecule has 132 valence electrons. The lowest BCUT2D eigenvalue weighted by atomic mass is 10.1. The lowest BCUT2D eigenvalue weighted by molar-refractivity contribution is -0.127. The van der Waals surface area contributed by atoms with E-state index in [-0.39, 0.29) is 11.8 Å². The summed E-state index contributed by atoms with van der Waals surface area (Å²) >= 11 is 0. The van der Waals surface area contributed by atoms with Crippen LogP contribution in [0.1, 0.15) is 43.5 Å². The van der Waals surface area contributed by atoms with E-state index in [1.165, 1.54) is 0 Å². The van der Waals surface area contributed by atoms with Crippen molar-refractivity contribution in [2.45, 2.75) is 33.1 Å². The number of hydrogen-bond donors (Lipinski definition) is 1. The molecule has 6 heteroatoms. The minimum Gasteiger partial charge on any atom is -0.494 e. The van der Waals surface area contributed by atoms with Gasteiger partial charge in [0.05, 0.1) is 18.8 Å². The molecule has 2 amide bonds. The number of nitrogens with one attached hydrogen (secondary N) is 1. The molecule has 2 rings (SSSR count). The molecule has 0 aliphatic carbocycles. The van der Waals surface area contributed by atoms with Crippen LogP contribution in [0.25, 0.3) is 0 Å². The summed E-state index contributed by atoms with van der Waals surface area (Å²) in [6, 6.07) is 5.23. The number of ether oxygens (including phenoxy) is 2. The molecular weight excluding hydrogens is 308 g/mol. The van der Waals surface area contributed by atoms with Crippen LogP contribution >= 0.6 is 0 Å². The Morgan fingerprint density at radius 2 is 2.04 bits per heavy atom. The minimum absolute atomic E-state index is 0.172. The van der Waals surface area contributed by atoms with Crippen molar-refractivity contribution in [3.8, 4) is 11.5 Å². The summed E-state index contributed by atoms with van der Waals surface area (Å²) in [5, 5.41) is 2.89. The van der Waals surface area contributed by atoms with Crippen LogP contribution in [-0.2, 0) is 4.79 Å². The second-order valence-electron chi connectivity index (χ2n) is 5.62. The number of nitrogens with zero attached hydrogens (tertiary/aromatic N) is 1. The van der Waals surface area contributed by atoms with E-state index in [2.05, 4.69) is 5.32 Å². The van der Waals surface area contributed by atoms with Crippen molar-refractivity contribution in [1.29, 1.82) is 0 Å². The third-order valence-corrected chi connectivity index (χ3v) is 3.87. The van der Waals surface area contributed by atoms with Gasteiger partial charge in [0.2, 0.25) is 5.91 Å². The Balaban J connectivity index is 1.87. The van der Waals surface area contributed by atoms with Crippen LogP contribution in [0.3, 0.4) is 0 Å².